The summed E-state index contributed by atoms with van der Waals surface area (Å²) in [5, 5.41) is 0. The van der Waals surface area contributed by atoms with Gasteiger partial charge in [0.05, 0.1) is 26.4 Å². The van der Waals surface area contributed by atoms with E-state index in [1.807, 2.05) is 6.07 Å². The molecular weight excluding hydrogens is 322 g/mol. The maximum Gasteiger partial charge on any atom is 0.218 e. The smallest absolute Gasteiger partial charge is 0.218 e. The van der Waals surface area contributed by atoms with Crippen LogP contribution in [-0.4, -0.2) is 69.3 Å². The molecule has 3 aliphatic heterocycles. The summed E-state index contributed by atoms with van der Waals surface area (Å²) >= 11 is 0. The number of ether oxygens (including phenoxy) is 4. The molecule has 0 bridgehead atoms. The Morgan fingerprint density at radius 2 is 1.92 bits per heavy atom. The van der Waals surface area contributed by atoms with Crippen molar-refractivity contribution in [2.45, 2.75) is 31.3 Å². The van der Waals surface area contributed by atoms with Gasteiger partial charge in [0.15, 0.2) is 0 Å². The molecule has 25 heavy (non-hydrogen) atoms. The zero-order valence-electron chi connectivity index (χ0n) is 14.9. The largest absolute Gasteiger partial charge is 0.481 e. The lowest BCUT2D eigenvalue weighted by Gasteiger charge is -2.36. The summed E-state index contributed by atoms with van der Waals surface area (Å²) in [5.74, 6) is 3.30. The van der Waals surface area contributed by atoms with Gasteiger partial charge in [-0.05, 0) is 19.3 Å². The lowest BCUT2D eigenvalue weighted by molar-refractivity contribution is -0.00150. The van der Waals surface area contributed by atoms with Crippen molar-refractivity contribution in [3.63, 3.8) is 0 Å². The first kappa shape index (κ1) is 17.0. The van der Waals surface area contributed by atoms with Crippen LogP contribution in [0.15, 0.2) is 6.07 Å². The quantitative estimate of drug-likeness (QED) is 0.818. The zero-order chi connectivity index (χ0) is 17.1. The molecular formula is C18H27N3O4. The summed E-state index contributed by atoms with van der Waals surface area (Å²) in [6, 6.07) is 1.94. The third kappa shape index (κ3) is 3.88. The van der Waals surface area contributed by atoms with Crippen molar-refractivity contribution in [3.8, 4) is 5.88 Å². The van der Waals surface area contributed by atoms with E-state index in [0.29, 0.717) is 17.7 Å². The van der Waals surface area contributed by atoms with Gasteiger partial charge in [-0.3, -0.25) is 0 Å². The monoisotopic (exact) mass is 349 g/mol. The van der Waals surface area contributed by atoms with E-state index in [4.69, 9.17) is 23.9 Å². The highest BCUT2D eigenvalue weighted by Gasteiger charge is 2.32. The van der Waals surface area contributed by atoms with Crippen LogP contribution in [0.3, 0.4) is 0 Å². The Morgan fingerprint density at radius 1 is 1.08 bits per heavy atom. The Morgan fingerprint density at radius 3 is 2.68 bits per heavy atom. The average molecular weight is 349 g/mol. The van der Waals surface area contributed by atoms with Crippen LogP contribution < -0.4 is 9.64 Å². The van der Waals surface area contributed by atoms with Crippen molar-refractivity contribution < 1.29 is 18.9 Å². The maximum atomic E-state index is 6.00. The van der Waals surface area contributed by atoms with Gasteiger partial charge in [0.1, 0.15) is 11.6 Å². The third-order valence-corrected chi connectivity index (χ3v) is 5.41. The van der Waals surface area contributed by atoms with Crippen LogP contribution in [0.25, 0.3) is 0 Å². The first-order valence-electron chi connectivity index (χ1n) is 9.28. The van der Waals surface area contributed by atoms with E-state index in [2.05, 4.69) is 9.88 Å². The molecule has 2 atom stereocenters. The first-order valence-corrected chi connectivity index (χ1v) is 9.28. The van der Waals surface area contributed by atoms with Gasteiger partial charge in [-0.15, -0.1) is 0 Å². The second-order valence-electron chi connectivity index (χ2n) is 6.99. The number of anilines is 1. The van der Waals surface area contributed by atoms with E-state index >= 15 is 0 Å². The Kier molecular flexibility index (Phi) is 5.33. The first-order chi connectivity index (χ1) is 12.3. The van der Waals surface area contributed by atoms with Crippen molar-refractivity contribution in [2.75, 3.05) is 58.1 Å². The molecule has 0 N–H and O–H groups in total. The normalized spacial score (nSPS) is 28.3. The number of rotatable bonds is 4. The number of morpholine rings is 1. The lowest BCUT2D eigenvalue weighted by Crippen LogP contribution is -2.46. The van der Waals surface area contributed by atoms with Gasteiger partial charge >= 0.3 is 0 Å². The molecule has 7 heteroatoms. The van der Waals surface area contributed by atoms with Gasteiger partial charge in [0.25, 0.3) is 0 Å². The highest BCUT2D eigenvalue weighted by Crippen LogP contribution is 2.30. The summed E-state index contributed by atoms with van der Waals surface area (Å²) in [6.07, 6.45) is 3.23. The molecule has 3 saturated heterocycles. The highest BCUT2D eigenvalue weighted by atomic mass is 16.5. The van der Waals surface area contributed by atoms with E-state index in [-0.39, 0.29) is 6.10 Å². The fourth-order valence-electron chi connectivity index (χ4n) is 3.85. The van der Waals surface area contributed by atoms with E-state index in [1.54, 1.807) is 7.11 Å². The van der Waals surface area contributed by atoms with Gasteiger partial charge in [-0.1, -0.05) is 0 Å². The zero-order valence-corrected chi connectivity index (χ0v) is 14.9. The number of nitrogens with zero attached hydrogens (tertiary/aromatic N) is 3. The summed E-state index contributed by atoms with van der Waals surface area (Å²) in [5.41, 5.74) is 0. The Hall–Kier alpha value is -1.44. The second-order valence-corrected chi connectivity index (χ2v) is 6.99. The molecule has 3 aliphatic rings. The number of methoxy groups -OCH3 is 1. The molecule has 3 fully saturated rings. The van der Waals surface area contributed by atoms with E-state index in [1.165, 1.54) is 0 Å². The predicted octanol–water partition coefficient (Wildman–Crippen LogP) is 1.62. The van der Waals surface area contributed by atoms with Crippen molar-refractivity contribution >= 4 is 5.82 Å². The summed E-state index contributed by atoms with van der Waals surface area (Å²) in [4.78, 5) is 11.8. The number of aromatic nitrogens is 2. The molecule has 4 rings (SSSR count). The Balaban J connectivity index is 1.53. The summed E-state index contributed by atoms with van der Waals surface area (Å²) < 4.78 is 22.4. The Bertz CT molecular complexity index is 573. The third-order valence-electron chi connectivity index (χ3n) is 5.41. The predicted molar refractivity (Wildman–Crippen MR) is 92.3 cm³/mol. The fraction of sp³-hybridized carbons (Fsp3) is 0.778. The van der Waals surface area contributed by atoms with E-state index in [9.17, 15) is 0 Å². The molecule has 0 aliphatic carbocycles. The van der Waals surface area contributed by atoms with Crippen LogP contribution in [0.1, 0.15) is 31.0 Å². The van der Waals surface area contributed by atoms with Gasteiger partial charge in [0, 0.05) is 50.8 Å². The van der Waals surface area contributed by atoms with Crippen LogP contribution in [0.5, 0.6) is 5.88 Å². The van der Waals surface area contributed by atoms with Crippen molar-refractivity contribution in [2.24, 2.45) is 5.92 Å². The minimum atomic E-state index is 0.212. The maximum absolute atomic E-state index is 6.00. The Labute approximate surface area is 148 Å². The van der Waals surface area contributed by atoms with Crippen LogP contribution >= 0.6 is 0 Å². The van der Waals surface area contributed by atoms with Crippen molar-refractivity contribution in [1.29, 1.82) is 0 Å². The lowest BCUT2D eigenvalue weighted by atomic mass is 9.99. The van der Waals surface area contributed by atoms with Crippen molar-refractivity contribution in [1.82, 2.24) is 9.97 Å². The molecule has 1 aromatic heterocycles. The molecule has 2 unspecified atom stereocenters. The number of hydrogen-bond donors (Lipinski definition) is 0. The average Bonchev–Trinajstić information content (AvgIpc) is 3.23. The van der Waals surface area contributed by atoms with Gasteiger partial charge < -0.3 is 23.8 Å². The second kappa shape index (κ2) is 7.85. The number of hydrogen-bond acceptors (Lipinski definition) is 7. The summed E-state index contributed by atoms with van der Waals surface area (Å²) in [6.45, 7) is 5.63. The van der Waals surface area contributed by atoms with Gasteiger partial charge in [-0.25, -0.2) is 4.98 Å². The molecule has 1 aromatic rings. The summed E-state index contributed by atoms with van der Waals surface area (Å²) in [7, 11) is 1.66. The fourth-order valence-corrected chi connectivity index (χ4v) is 3.85. The topological polar surface area (TPSA) is 65.9 Å². The minimum Gasteiger partial charge on any atom is -0.481 e. The SMILES string of the molecule is COc1cc(N2CCOC(C3CCOC3)C2)nc(C2CCOCC2)n1. The van der Waals surface area contributed by atoms with E-state index < -0.39 is 0 Å². The van der Waals surface area contributed by atoms with Crippen LogP contribution in [0.2, 0.25) is 0 Å². The standard InChI is InChI=1S/C18H27N3O4/c1-22-17-10-16(19-18(20-17)13-2-6-23-7-3-13)21-5-9-25-15(11-21)14-4-8-24-12-14/h10,13-15H,2-9,11-12H2,1H3. The molecule has 0 radical (unpaired) electrons. The van der Waals surface area contributed by atoms with Crippen LogP contribution in [-0.2, 0) is 14.2 Å². The molecule has 0 spiro atoms. The molecule has 138 valence electrons. The molecule has 7 nitrogen and oxygen atoms in total. The van der Waals surface area contributed by atoms with Crippen LogP contribution in [0, 0.1) is 5.92 Å². The molecule has 0 saturated carbocycles. The van der Waals surface area contributed by atoms with E-state index in [0.717, 1.165) is 77.0 Å². The van der Waals surface area contributed by atoms with Crippen LogP contribution in [0.4, 0.5) is 5.82 Å². The van der Waals surface area contributed by atoms with Crippen molar-refractivity contribution in [3.05, 3.63) is 11.9 Å². The highest BCUT2D eigenvalue weighted by molar-refractivity contribution is 5.43. The molecule has 0 amide bonds. The molecule has 0 aromatic carbocycles. The van der Waals surface area contributed by atoms with Gasteiger partial charge in [0.2, 0.25) is 5.88 Å². The van der Waals surface area contributed by atoms with Gasteiger partial charge in [-0.2, -0.15) is 4.98 Å². The minimum absolute atomic E-state index is 0.212. The molecule has 4 heterocycles.